The smallest absolute Gasteiger partial charge is 0.252 e. The van der Waals surface area contributed by atoms with Gasteiger partial charge in [0.2, 0.25) is 0 Å². The number of hydrogen-bond donors (Lipinski definition) is 1. The lowest BCUT2D eigenvalue weighted by atomic mass is 10.1. The number of nitrogens with one attached hydrogen (secondary N) is 1. The van der Waals surface area contributed by atoms with E-state index in [0.29, 0.717) is 18.0 Å². The van der Waals surface area contributed by atoms with Crippen molar-refractivity contribution in [2.24, 2.45) is 5.92 Å². The summed E-state index contributed by atoms with van der Waals surface area (Å²) in [6, 6.07) is 5.58. The van der Waals surface area contributed by atoms with Crippen LogP contribution in [0.1, 0.15) is 23.2 Å². The molecule has 1 aliphatic heterocycles. The van der Waals surface area contributed by atoms with E-state index in [0.717, 1.165) is 35.0 Å². The van der Waals surface area contributed by atoms with E-state index in [4.69, 9.17) is 4.74 Å². The molecule has 1 aromatic carbocycles. The lowest BCUT2D eigenvalue weighted by molar-refractivity contribution is 0.0949. The third-order valence-electron chi connectivity index (χ3n) is 3.04. The van der Waals surface area contributed by atoms with Crippen LogP contribution in [0.25, 0.3) is 0 Å². The zero-order chi connectivity index (χ0) is 13.0. The highest BCUT2D eigenvalue weighted by molar-refractivity contribution is 9.11. The van der Waals surface area contributed by atoms with E-state index in [1.807, 2.05) is 18.2 Å². The Morgan fingerprint density at radius 3 is 3.00 bits per heavy atom. The summed E-state index contributed by atoms with van der Waals surface area (Å²) in [5.41, 5.74) is 0.659. The Hall–Kier alpha value is -0.390. The Balaban J connectivity index is 1.85. The summed E-state index contributed by atoms with van der Waals surface area (Å²) in [6.07, 6.45) is 2.09. The van der Waals surface area contributed by atoms with Crippen molar-refractivity contribution in [1.29, 1.82) is 0 Å². The number of carbonyl (C=O) groups is 1. The van der Waals surface area contributed by atoms with Gasteiger partial charge in [-0.3, -0.25) is 4.79 Å². The van der Waals surface area contributed by atoms with E-state index in [2.05, 4.69) is 37.2 Å². The highest BCUT2D eigenvalue weighted by atomic mass is 79.9. The van der Waals surface area contributed by atoms with Gasteiger partial charge in [-0.2, -0.15) is 0 Å². The minimum atomic E-state index is -0.0397. The van der Waals surface area contributed by atoms with Gasteiger partial charge < -0.3 is 10.1 Å². The third kappa shape index (κ3) is 3.80. The molecule has 1 heterocycles. The van der Waals surface area contributed by atoms with E-state index in [1.54, 1.807) is 0 Å². The lowest BCUT2D eigenvalue weighted by Gasteiger charge is -2.10. The Labute approximate surface area is 124 Å². The summed E-state index contributed by atoms with van der Waals surface area (Å²) < 4.78 is 7.02. The van der Waals surface area contributed by atoms with Crippen molar-refractivity contribution in [3.05, 3.63) is 32.7 Å². The summed E-state index contributed by atoms with van der Waals surface area (Å²) in [6.45, 7) is 2.39. The van der Waals surface area contributed by atoms with Crippen LogP contribution in [0.15, 0.2) is 27.1 Å². The molecule has 1 atom stereocenters. The maximum absolute atomic E-state index is 12.0. The summed E-state index contributed by atoms with van der Waals surface area (Å²) in [5, 5.41) is 2.95. The molecular formula is C13H15Br2NO2. The largest absolute Gasteiger partial charge is 0.381 e. The molecule has 0 saturated carbocycles. The van der Waals surface area contributed by atoms with Crippen molar-refractivity contribution >= 4 is 37.8 Å². The Morgan fingerprint density at radius 1 is 1.44 bits per heavy atom. The molecule has 0 bridgehead atoms. The zero-order valence-corrected chi connectivity index (χ0v) is 13.1. The average molecular weight is 377 g/mol. The molecule has 2 rings (SSSR count). The normalized spacial score (nSPS) is 18.9. The van der Waals surface area contributed by atoms with E-state index in [9.17, 15) is 4.79 Å². The first kappa shape index (κ1) is 14.0. The van der Waals surface area contributed by atoms with Gasteiger partial charge in [-0.25, -0.2) is 0 Å². The third-order valence-corrected chi connectivity index (χ3v) is 4.22. The number of halogens is 2. The van der Waals surface area contributed by atoms with Gasteiger partial charge in [-0.05, 0) is 52.9 Å². The van der Waals surface area contributed by atoms with Crippen LogP contribution in [0.4, 0.5) is 0 Å². The number of rotatable bonds is 4. The number of benzene rings is 1. The summed E-state index contributed by atoms with van der Waals surface area (Å²) >= 11 is 6.76. The van der Waals surface area contributed by atoms with Gasteiger partial charge in [0.05, 0.1) is 5.56 Å². The first-order chi connectivity index (χ1) is 8.66. The molecule has 0 aromatic heterocycles. The van der Waals surface area contributed by atoms with E-state index < -0.39 is 0 Å². The molecule has 5 heteroatoms. The van der Waals surface area contributed by atoms with Gasteiger partial charge in [0.25, 0.3) is 5.91 Å². The van der Waals surface area contributed by atoms with Crippen LogP contribution in [0, 0.1) is 5.92 Å². The number of ether oxygens (including phenoxy) is 1. The number of carbonyl (C=O) groups excluding carboxylic acids is 1. The second-order valence-electron chi connectivity index (χ2n) is 4.40. The maximum atomic E-state index is 12.0. The molecule has 0 radical (unpaired) electrons. The molecule has 1 amide bonds. The maximum Gasteiger partial charge on any atom is 0.252 e. The second kappa shape index (κ2) is 6.68. The molecular weight excluding hydrogens is 362 g/mol. The fraction of sp³-hybridized carbons (Fsp3) is 0.462. The van der Waals surface area contributed by atoms with Gasteiger partial charge in [0, 0.05) is 28.7 Å². The van der Waals surface area contributed by atoms with Crippen LogP contribution in [-0.2, 0) is 4.74 Å². The van der Waals surface area contributed by atoms with Gasteiger partial charge in [-0.1, -0.05) is 15.9 Å². The second-order valence-corrected chi connectivity index (χ2v) is 6.17. The van der Waals surface area contributed by atoms with E-state index in [1.165, 1.54) is 0 Å². The first-order valence-corrected chi connectivity index (χ1v) is 7.56. The molecule has 0 aliphatic carbocycles. The zero-order valence-electron chi connectivity index (χ0n) is 9.92. The van der Waals surface area contributed by atoms with Crippen molar-refractivity contribution in [3.8, 4) is 0 Å². The van der Waals surface area contributed by atoms with Crippen LogP contribution in [0.2, 0.25) is 0 Å². The average Bonchev–Trinajstić information content (AvgIpc) is 2.85. The topological polar surface area (TPSA) is 38.3 Å². The standard InChI is InChI=1S/C13H15Br2NO2/c14-10-1-2-12(15)11(7-10)13(17)16-5-3-9-4-6-18-8-9/h1-2,7,9H,3-6,8H2,(H,16,17). The molecule has 1 aromatic rings. The van der Waals surface area contributed by atoms with Crippen molar-refractivity contribution in [1.82, 2.24) is 5.32 Å². The summed E-state index contributed by atoms with van der Waals surface area (Å²) in [7, 11) is 0. The minimum absolute atomic E-state index is 0.0397. The minimum Gasteiger partial charge on any atom is -0.381 e. The first-order valence-electron chi connectivity index (χ1n) is 5.98. The molecule has 18 heavy (non-hydrogen) atoms. The van der Waals surface area contributed by atoms with Crippen molar-refractivity contribution < 1.29 is 9.53 Å². The molecule has 1 saturated heterocycles. The van der Waals surface area contributed by atoms with Crippen LogP contribution in [0.3, 0.4) is 0 Å². The molecule has 1 unspecified atom stereocenters. The fourth-order valence-electron chi connectivity index (χ4n) is 1.97. The monoisotopic (exact) mass is 375 g/mol. The van der Waals surface area contributed by atoms with Gasteiger partial charge in [0.1, 0.15) is 0 Å². The molecule has 0 spiro atoms. The van der Waals surface area contributed by atoms with Gasteiger partial charge in [-0.15, -0.1) is 0 Å². The lowest BCUT2D eigenvalue weighted by Crippen LogP contribution is -2.26. The van der Waals surface area contributed by atoms with Gasteiger partial charge >= 0.3 is 0 Å². The van der Waals surface area contributed by atoms with E-state index >= 15 is 0 Å². The fourth-order valence-corrected chi connectivity index (χ4v) is 2.76. The molecule has 1 fully saturated rings. The Morgan fingerprint density at radius 2 is 2.28 bits per heavy atom. The van der Waals surface area contributed by atoms with E-state index in [-0.39, 0.29) is 5.91 Å². The quantitative estimate of drug-likeness (QED) is 0.874. The van der Waals surface area contributed by atoms with Crippen molar-refractivity contribution in [2.75, 3.05) is 19.8 Å². The van der Waals surface area contributed by atoms with Crippen LogP contribution in [-0.4, -0.2) is 25.7 Å². The predicted octanol–water partition coefficient (Wildman–Crippen LogP) is 3.37. The van der Waals surface area contributed by atoms with Crippen molar-refractivity contribution in [3.63, 3.8) is 0 Å². The number of hydrogen-bond acceptors (Lipinski definition) is 2. The van der Waals surface area contributed by atoms with Crippen LogP contribution >= 0.6 is 31.9 Å². The molecule has 1 N–H and O–H groups in total. The molecule has 98 valence electrons. The highest BCUT2D eigenvalue weighted by Gasteiger charge is 2.16. The Bertz CT molecular complexity index is 431. The summed E-state index contributed by atoms with van der Waals surface area (Å²) in [4.78, 5) is 12.0. The SMILES string of the molecule is O=C(NCCC1CCOC1)c1cc(Br)ccc1Br. The highest BCUT2D eigenvalue weighted by Crippen LogP contribution is 2.21. The van der Waals surface area contributed by atoms with Crippen LogP contribution < -0.4 is 5.32 Å². The van der Waals surface area contributed by atoms with Crippen molar-refractivity contribution in [2.45, 2.75) is 12.8 Å². The van der Waals surface area contributed by atoms with Crippen LogP contribution in [0.5, 0.6) is 0 Å². The summed E-state index contributed by atoms with van der Waals surface area (Å²) in [5.74, 6) is 0.554. The predicted molar refractivity (Wildman–Crippen MR) is 77.7 cm³/mol. The Kier molecular flexibility index (Phi) is 5.21. The number of amides is 1. The molecule has 3 nitrogen and oxygen atoms in total. The van der Waals surface area contributed by atoms with Gasteiger partial charge in [0.15, 0.2) is 0 Å². The molecule has 1 aliphatic rings.